The SMILES string of the molecule is CN(C(=O)OC(C)(C)C)c1cccc(N=[N+]=[N-])c1. The fraction of sp³-hybridized carbons (Fsp3) is 0.417. The normalized spacial score (nSPS) is 10.4. The lowest BCUT2D eigenvalue weighted by atomic mass is 10.2. The van der Waals surface area contributed by atoms with Gasteiger partial charge in [-0.2, -0.15) is 0 Å². The van der Waals surface area contributed by atoms with Crippen LogP contribution in [0.4, 0.5) is 16.2 Å². The standard InChI is InChI=1S/C12H16N4O2/c1-12(2,3)18-11(17)16(4)10-7-5-6-9(8-10)14-15-13/h5-8H,1-4H3. The average Bonchev–Trinajstić information content (AvgIpc) is 2.26. The summed E-state index contributed by atoms with van der Waals surface area (Å²) >= 11 is 0. The number of ether oxygens (including phenoxy) is 1. The molecular formula is C12H16N4O2. The molecule has 0 spiro atoms. The summed E-state index contributed by atoms with van der Waals surface area (Å²) in [6.45, 7) is 5.40. The van der Waals surface area contributed by atoms with Crippen LogP contribution in [0.15, 0.2) is 29.4 Å². The summed E-state index contributed by atoms with van der Waals surface area (Å²) in [5.41, 5.74) is 8.87. The summed E-state index contributed by atoms with van der Waals surface area (Å²) in [4.78, 5) is 15.9. The van der Waals surface area contributed by atoms with E-state index in [4.69, 9.17) is 10.3 Å². The van der Waals surface area contributed by atoms with Gasteiger partial charge in [-0.05, 0) is 38.4 Å². The summed E-state index contributed by atoms with van der Waals surface area (Å²) in [5, 5.41) is 3.49. The molecule has 1 aromatic carbocycles. The fourth-order valence-corrected chi connectivity index (χ4v) is 1.25. The van der Waals surface area contributed by atoms with Crippen molar-refractivity contribution in [3.63, 3.8) is 0 Å². The molecule has 18 heavy (non-hydrogen) atoms. The second-order valence-corrected chi connectivity index (χ2v) is 4.75. The molecule has 0 aliphatic rings. The van der Waals surface area contributed by atoms with Gasteiger partial charge in [-0.3, -0.25) is 4.90 Å². The van der Waals surface area contributed by atoms with Crippen molar-refractivity contribution in [3.05, 3.63) is 34.7 Å². The number of rotatable bonds is 2. The minimum Gasteiger partial charge on any atom is -0.443 e. The van der Waals surface area contributed by atoms with Gasteiger partial charge < -0.3 is 4.74 Å². The quantitative estimate of drug-likeness (QED) is 0.450. The summed E-state index contributed by atoms with van der Waals surface area (Å²) in [6, 6.07) is 6.72. The van der Waals surface area contributed by atoms with Crippen LogP contribution in [0.5, 0.6) is 0 Å². The average molecular weight is 248 g/mol. The van der Waals surface area contributed by atoms with E-state index in [1.807, 2.05) is 0 Å². The van der Waals surface area contributed by atoms with Gasteiger partial charge in [0.15, 0.2) is 0 Å². The molecule has 0 saturated carbocycles. The predicted octanol–water partition coefficient (Wildman–Crippen LogP) is 4.00. The van der Waals surface area contributed by atoms with Crippen LogP contribution in [0.3, 0.4) is 0 Å². The fourth-order valence-electron chi connectivity index (χ4n) is 1.25. The molecule has 0 fully saturated rings. The minimum atomic E-state index is -0.548. The molecule has 0 atom stereocenters. The lowest BCUT2D eigenvalue weighted by Crippen LogP contribution is -2.34. The number of hydrogen-bond acceptors (Lipinski definition) is 3. The van der Waals surface area contributed by atoms with Gasteiger partial charge >= 0.3 is 6.09 Å². The molecule has 6 nitrogen and oxygen atoms in total. The van der Waals surface area contributed by atoms with E-state index in [-0.39, 0.29) is 0 Å². The Balaban J connectivity index is 2.89. The Kier molecular flexibility index (Phi) is 4.18. The number of carbonyl (C=O) groups excluding carboxylic acids is 1. The Hall–Kier alpha value is -2.20. The number of benzene rings is 1. The number of nitrogens with zero attached hydrogens (tertiary/aromatic N) is 4. The summed E-state index contributed by atoms with van der Waals surface area (Å²) < 4.78 is 5.24. The highest BCUT2D eigenvalue weighted by molar-refractivity contribution is 5.87. The molecular weight excluding hydrogens is 232 g/mol. The van der Waals surface area contributed by atoms with Crippen molar-refractivity contribution in [2.75, 3.05) is 11.9 Å². The Bertz CT molecular complexity index is 487. The summed E-state index contributed by atoms with van der Waals surface area (Å²) in [7, 11) is 1.60. The molecule has 0 heterocycles. The van der Waals surface area contributed by atoms with Crippen molar-refractivity contribution in [2.24, 2.45) is 5.11 Å². The van der Waals surface area contributed by atoms with Gasteiger partial charge in [-0.1, -0.05) is 17.2 Å². The zero-order valence-electron chi connectivity index (χ0n) is 10.9. The van der Waals surface area contributed by atoms with Crippen molar-refractivity contribution in [2.45, 2.75) is 26.4 Å². The third-order valence-corrected chi connectivity index (χ3v) is 2.04. The van der Waals surface area contributed by atoms with E-state index in [1.54, 1.807) is 52.1 Å². The molecule has 0 radical (unpaired) electrons. The van der Waals surface area contributed by atoms with Crippen LogP contribution in [0, 0.1) is 0 Å². The molecule has 1 rings (SSSR count). The van der Waals surface area contributed by atoms with Gasteiger partial charge in [-0.15, -0.1) is 0 Å². The van der Waals surface area contributed by atoms with Crippen molar-refractivity contribution in [1.82, 2.24) is 0 Å². The maximum Gasteiger partial charge on any atom is 0.414 e. The van der Waals surface area contributed by atoms with Gasteiger partial charge in [0.2, 0.25) is 0 Å². The predicted molar refractivity (Wildman–Crippen MR) is 69.9 cm³/mol. The Morgan fingerprint density at radius 3 is 2.67 bits per heavy atom. The highest BCUT2D eigenvalue weighted by Crippen LogP contribution is 2.22. The van der Waals surface area contributed by atoms with Gasteiger partial charge in [0.25, 0.3) is 0 Å². The summed E-state index contributed by atoms with van der Waals surface area (Å²) in [6.07, 6.45) is -0.458. The molecule has 0 aliphatic heterocycles. The highest BCUT2D eigenvalue weighted by Gasteiger charge is 2.20. The number of anilines is 1. The van der Waals surface area contributed by atoms with Crippen molar-refractivity contribution >= 4 is 17.5 Å². The van der Waals surface area contributed by atoms with Gasteiger partial charge in [-0.25, -0.2) is 4.79 Å². The molecule has 6 heteroatoms. The maximum absolute atomic E-state index is 11.8. The molecule has 96 valence electrons. The molecule has 0 saturated heterocycles. The lowest BCUT2D eigenvalue weighted by Gasteiger charge is -2.24. The molecule has 1 aromatic rings. The van der Waals surface area contributed by atoms with E-state index in [0.29, 0.717) is 11.4 Å². The summed E-state index contributed by atoms with van der Waals surface area (Å²) in [5.74, 6) is 0. The minimum absolute atomic E-state index is 0.449. The van der Waals surface area contributed by atoms with E-state index in [0.717, 1.165) is 0 Å². The Labute approximate surface area is 106 Å². The zero-order valence-corrected chi connectivity index (χ0v) is 10.9. The third-order valence-electron chi connectivity index (χ3n) is 2.04. The number of hydrogen-bond donors (Lipinski definition) is 0. The molecule has 0 aliphatic carbocycles. The number of azide groups is 1. The van der Waals surface area contributed by atoms with Crippen LogP contribution in [-0.2, 0) is 4.74 Å². The second-order valence-electron chi connectivity index (χ2n) is 4.75. The van der Waals surface area contributed by atoms with E-state index in [1.165, 1.54) is 4.90 Å². The van der Waals surface area contributed by atoms with E-state index in [2.05, 4.69) is 10.0 Å². The third kappa shape index (κ3) is 3.99. The highest BCUT2D eigenvalue weighted by atomic mass is 16.6. The van der Waals surface area contributed by atoms with Gasteiger partial charge in [0.1, 0.15) is 5.60 Å². The second kappa shape index (κ2) is 5.42. The van der Waals surface area contributed by atoms with Crippen LogP contribution in [-0.4, -0.2) is 18.7 Å². The Morgan fingerprint density at radius 1 is 1.44 bits per heavy atom. The Morgan fingerprint density at radius 2 is 2.11 bits per heavy atom. The first kappa shape index (κ1) is 13.9. The van der Waals surface area contributed by atoms with Crippen LogP contribution in [0.25, 0.3) is 10.4 Å². The van der Waals surface area contributed by atoms with E-state index < -0.39 is 11.7 Å². The molecule has 0 unspecified atom stereocenters. The zero-order chi connectivity index (χ0) is 13.8. The van der Waals surface area contributed by atoms with Crippen LogP contribution >= 0.6 is 0 Å². The smallest absolute Gasteiger partial charge is 0.414 e. The van der Waals surface area contributed by atoms with Crippen LogP contribution in [0.1, 0.15) is 20.8 Å². The van der Waals surface area contributed by atoms with Crippen molar-refractivity contribution < 1.29 is 9.53 Å². The van der Waals surface area contributed by atoms with E-state index >= 15 is 0 Å². The number of amides is 1. The molecule has 1 amide bonds. The van der Waals surface area contributed by atoms with Gasteiger partial charge in [0.05, 0.1) is 0 Å². The van der Waals surface area contributed by atoms with Crippen molar-refractivity contribution in [1.29, 1.82) is 0 Å². The lowest BCUT2D eigenvalue weighted by molar-refractivity contribution is 0.0589. The maximum atomic E-state index is 11.8. The largest absolute Gasteiger partial charge is 0.443 e. The first-order valence-electron chi connectivity index (χ1n) is 5.45. The molecule has 0 aromatic heterocycles. The molecule has 0 N–H and O–H groups in total. The first-order valence-corrected chi connectivity index (χ1v) is 5.45. The molecule has 0 bridgehead atoms. The number of carbonyl (C=O) groups is 1. The monoisotopic (exact) mass is 248 g/mol. The topological polar surface area (TPSA) is 78.3 Å². The van der Waals surface area contributed by atoms with Gasteiger partial charge in [0, 0.05) is 23.3 Å². The van der Waals surface area contributed by atoms with Crippen molar-refractivity contribution in [3.8, 4) is 0 Å². The first-order chi connectivity index (χ1) is 8.33. The van der Waals surface area contributed by atoms with E-state index in [9.17, 15) is 4.79 Å². The van der Waals surface area contributed by atoms with Crippen LogP contribution in [0.2, 0.25) is 0 Å². The van der Waals surface area contributed by atoms with Crippen LogP contribution < -0.4 is 4.90 Å².